The lowest BCUT2D eigenvalue weighted by molar-refractivity contribution is 0.102. The molecule has 0 aliphatic carbocycles. The summed E-state index contributed by atoms with van der Waals surface area (Å²) in [5.74, 6) is 0.0517. The van der Waals surface area contributed by atoms with Gasteiger partial charge in [-0.1, -0.05) is 6.07 Å². The molecule has 0 amide bonds. The van der Waals surface area contributed by atoms with Crippen molar-refractivity contribution in [2.75, 3.05) is 0 Å². The molecule has 2 aromatic rings. The number of carbonyl (C=O) groups excluding carboxylic acids is 1. The minimum absolute atomic E-state index is 0.0517. The lowest BCUT2D eigenvalue weighted by Gasteiger charge is -2.07. The minimum Gasteiger partial charge on any atom is -0.294 e. The molecule has 0 spiro atoms. The molecule has 1 heterocycles. The predicted molar refractivity (Wildman–Crippen MR) is 82.7 cm³/mol. The van der Waals surface area contributed by atoms with Crippen LogP contribution in [-0.4, -0.2) is 18.8 Å². The van der Waals surface area contributed by atoms with Crippen molar-refractivity contribution < 1.29 is 17.8 Å². The smallest absolute Gasteiger partial charge is 0.294 e. The highest BCUT2D eigenvalue weighted by Crippen LogP contribution is 2.21. The number of Topliss-reactive ketones (excluding diaryl/α,β-unsaturated/α-hetero) is 1. The zero-order chi connectivity index (χ0) is 15.6. The number of rotatable bonds is 5. The Labute approximate surface area is 128 Å². The van der Waals surface area contributed by atoms with E-state index in [0.29, 0.717) is 6.42 Å². The highest BCUT2D eigenvalue weighted by Gasteiger charge is 2.12. The van der Waals surface area contributed by atoms with Gasteiger partial charge in [-0.25, -0.2) is 0 Å². The van der Waals surface area contributed by atoms with Gasteiger partial charge in [-0.3, -0.25) is 9.35 Å². The fourth-order valence-electron chi connectivity index (χ4n) is 2.04. The van der Waals surface area contributed by atoms with Crippen molar-refractivity contribution in [1.29, 1.82) is 0 Å². The molecular weight excluding hydrogens is 308 g/mol. The summed E-state index contributed by atoms with van der Waals surface area (Å²) in [6.45, 7) is 3.44. The summed E-state index contributed by atoms with van der Waals surface area (Å²) < 4.78 is 31.4. The molecule has 0 unspecified atom stereocenters. The molecule has 4 nitrogen and oxygen atoms in total. The number of benzene rings is 1. The Balaban J connectivity index is 2.17. The van der Waals surface area contributed by atoms with Crippen LogP contribution in [-0.2, 0) is 23.0 Å². The van der Waals surface area contributed by atoms with E-state index >= 15 is 0 Å². The number of hydrogen-bond donors (Lipinski definition) is 1. The van der Waals surface area contributed by atoms with E-state index in [0.717, 1.165) is 27.3 Å². The molecule has 0 aliphatic heterocycles. The van der Waals surface area contributed by atoms with Crippen LogP contribution in [0.5, 0.6) is 0 Å². The zero-order valence-corrected chi connectivity index (χ0v) is 13.4. The van der Waals surface area contributed by atoms with Crippen LogP contribution in [0.1, 0.15) is 32.6 Å². The topological polar surface area (TPSA) is 71.4 Å². The van der Waals surface area contributed by atoms with Crippen LogP contribution in [0, 0.1) is 6.92 Å². The van der Waals surface area contributed by atoms with Gasteiger partial charge in [-0.05, 0) is 62.1 Å². The second kappa shape index (κ2) is 6.09. The summed E-state index contributed by atoms with van der Waals surface area (Å²) >= 11 is 1.46. The maximum absolute atomic E-state index is 11.3. The van der Waals surface area contributed by atoms with Gasteiger partial charge in [-0.15, -0.1) is 11.3 Å². The molecule has 0 bridgehead atoms. The second-order valence-electron chi connectivity index (χ2n) is 4.89. The van der Waals surface area contributed by atoms with Gasteiger partial charge in [0.25, 0.3) is 10.1 Å². The van der Waals surface area contributed by atoms with Crippen molar-refractivity contribution in [3.8, 4) is 0 Å². The van der Waals surface area contributed by atoms with Crippen molar-refractivity contribution in [3.05, 3.63) is 51.2 Å². The van der Waals surface area contributed by atoms with Crippen molar-refractivity contribution in [2.45, 2.75) is 31.6 Å². The van der Waals surface area contributed by atoms with Gasteiger partial charge in [0.05, 0.1) is 9.77 Å². The molecule has 0 atom stereocenters. The normalized spacial score (nSPS) is 11.6. The Bertz CT molecular complexity index is 773. The van der Waals surface area contributed by atoms with Crippen molar-refractivity contribution in [2.24, 2.45) is 0 Å². The summed E-state index contributed by atoms with van der Waals surface area (Å²) in [6, 6.07) is 8.32. The standard InChI is InChI=1S/C15H16O4S2/c1-10-3-7-14(21(17,18)19)9-12(10)4-5-13-6-8-15(20-13)11(2)16/h3,6-9H,4-5H2,1-2H3,(H,17,18,19). The molecule has 6 heteroatoms. The summed E-state index contributed by atoms with van der Waals surface area (Å²) in [7, 11) is -4.17. The number of carbonyl (C=O) groups is 1. The van der Waals surface area contributed by atoms with E-state index < -0.39 is 10.1 Å². The monoisotopic (exact) mass is 324 g/mol. The maximum Gasteiger partial charge on any atom is 0.294 e. The molecule has 112 valence electrons. The van der Waals surface area contributed by atoms with Crippen LogP contribution < -0.4 is 0 Å². The van der Waals surface area contributed by atoms with Crippen LogP contribution in [0.3, 0.4) is 0 Å². The third-order valence-corrected chi connectivity index (χ3v) is 5.36. The molecule has 0 saturated heterocycles. The fraction of sp³-hybridized carbons (Fsp3) is 0.267. The third kappa shape index (κ3) is 4.00. The van der Waals surface area contributed by atoms with E-state index in [9.17, 15) is 13.2 Å². The van der Waals surface area contributed by atoms with Gasteiger partial charge in [0.2, 0.25) is 0 Å². The first kappa shape index (κ1) is 15.9. The van der Waals surface area contributed by atoms with Crippen LogP contribution in [0.4, 0.5) is 0 Å². The van der Waals surface area contributed by atoms with E-state index in [-0.39, 0.29) is 10.7 Å². The van der Waals surface area contributed by atoms with Crippen LogP contribution in [0.2, 0.25) is 0 Å². The van der Waals surface area contributed by atoms with Gasteiger partial charge < -0.3 is 0 Å². The first-order valence-corrected chi connectivity index (χ1v) is 8.69. The Morgan fingerprint density at radius 1 is 1.19 bits per heavy atom. The highest BCUT2D eigenvalue weighted by molar-refractivity contribution is 7.85. The van der Waals surface area contributed by atoms with Crippen molar-refractivity contribution in [1.82, 2.24) is 0 Å². The van der Waals surface area contributed by atoms with Gasteiger partial charge in [0, 0.05) is 4.88 Å². The molecule has 0 radical (unpaired) electrons. The summed E-state index contributed by atoms with van der Waals surface area (Å²) in [5.41, 5.74) is 1.86. The number of hydrogen-bond acceptors (Lipinski definition) is 4. The predicted octanol–water partition coefficient (Wildman–Crippen LogP) is 3.29. The molecule has 0 saturated carbocycles. The van der Waals surface area contributed by atoms with Crippen molar-refractivity contribution >= 4 is 27.2 Å². The molecule has 0 fully saturated rings. The molecule has 21 heavy (non-hydrogen) atoms. The van der Waals surface area contributed by atoms with Gasteiger partial charge in [0.1, 0.15) is 0 Å². The molecular formula is C15H16O4S2. The van der Waals surface area contributed by atoms with E-state index in [1.54, 1.807) is 6.07 Å². The Hall–Kier alpha value is -1.50. The summed E-state index contributed by atoms with van der Waals surface area (Å²) in [6.07, 6.45) is 1.39. The van der Waals surface area contributed by atoms with Gasteiger partial charge in [-0.2, -0.15) is 8.42 Å². The number of ketones is 1. The van der Waals surface area contributed by atoms with Crippen LogP contribution >= 0.6 is 11.3 Å². The Morgan fingerprint density at radius 2 is 1.90 bits per heavy atom. The summed E-state index contributed by atoms with van der Waals surface area (Å²) in [4.78, 5) is 13.0. The average molecular weight is 324 g/mol. The fourth-order valence-corrected chi connectivity index (χ4v) is 3.47. The first-order valence-electron chi connectivity index (χ1n) is 6.44. The molecule has 1 N–H and O–H groups in total. The molecule has 1 aromatic heterocycles. The number of thiophene rings is 1. The van der Waals surface area contributed by atoms with E-state index in [1.165, 1.54) is 30.4 Å². The van der Waals surface area contributed by atoms with E-state index in [4.69, 9.17) is 4.55 Å². The first-order chi connectivity index (χ1) is 9.77. The lowest BCUT2D eigenvalue weighted by atomic mass is 10.0. The van der Waals surface area contributed by atoms with Gasteiger partial charge in [0.15, 0.2) is 5.78 Å². The molecule has 1 aromatic carbocycles. The third-order valence-electron chi connectivity index (χ3n) is 3.27. The van der Waals surface area contributed by atoms with E-state index in [1.807, 2.05) is 19.1 Å². The highest BCUT2D eigenvalue weighted by atomic mass is 32.2. The SMILES string of the molecule is CC(=O)c1ccc(CCc2cc(S(=O)(=O)O)ccc2C)s1. The largest absolute Gasteiger partial charge is 0.294 e. The lowest BCUT2D eigenvalue weighted by Crippen LogP contribution is -2.01. The minimum atomic E-state index is -4.17. The maximum atomic E-state index is 11.3. The zero-order valence-electron chi connectivity index (χ0n) is 11.8. The summed E-state index contributed by atoms with van der Waals surface area (Å²) in [5, 5.41) is 0. The van der Waals surface area contributed by atoms with Gasteiger partial charge >= 0.3 is 0 Å². The molecule has 2 rings (SSSR count). The Kier molecular flexibility index (Phi) is 4.61. The average Bonchev–Trinajstić information content (AvgIpc) is 2.85. The Morgan fingerprint density at radius 3 is 2.48 bits per heavy atom. The van der Waals surface area contributed by atoms with Crippen LogP contribution in [0.15, 0.2) is 35.2 Å². The van der Waals surface area contributed by atoms with Crippen molar-refractivity contribution in [3.63, 3.8) is 0 Å². The second-order valence-corrected chi connectivity index (χ2v) is 7.48. The quantitative estimate of drug-likeness (QED) is 0.676. The number of aryl methyl sites for hydroxylation is 3. The van der Waals surface area contributed by atoms with E-state index in [2.05, 4.69) is 0 Å². The van der Waals surface area contributed by atoms with Crippen LogP contribution in [0.25, 0.3) is 0 Å². The molecule has 0 aliphatic rings.